The Morgan fingerprint density at radius 1 is 0.962 bits per heavy atom. The van der Waals surface area contributed by atoms with Crippen molar-refractivity contribution < 1.29 is 19.2 Å². The number of amides is 2. The van der Waals surface area contributed by atoms with E-state index < -0.39 is 61.8 Å². The molecular weight excluding hydrogens is 471 g/mol. The highest BCUT2D eigenvalue weighted by Crippen LogP contribution is 2.81. The molecular formula is C15H11Cl6NO4. The summed E-state index contributed by atoms with van der Waals surface area (Å²) in [5.41, 5.74) is 0. The van der Waals surface area contributed by atoms with Gasteiger partial charge in [0, 0.05) is 11.8 Å². The number of fused-ring (bicyclic) bond motifs is 12. The first kappa shape index (κ1) is 18.6. The summed E-state index contributed by atoms with van der Waals surface area (Å²) in [5, 5.41) is 0.940. The van der Waals surface area contributed by atoms with E-state index in [0.29, 0.717) is 0 Å². The SMILES string of the molecule is CCON1C(=O)[C@@H]2[C@H]3O[C@H]([C@@H]2C1=O)[C@@H]1[C@@H]3[C@]2(Cl)C(Cl)=C(Cl)[C@]1(Cl)C2(Cl)Cl. The number of hydrogen-bond donors (Lipinski definition) is 0. The van der Waals surface area contributed by atoms with Gasteiger partial charge in [-0.25, -0.2) is 0 Å². The van der Waals surface area contributed by atoms with Crippen molar-refractivity contribution in [2.45, 2.75) is 33.2 Å². The summed E-state index contributed by atoms with van der Waals surface area (Å²) in [6.07, 6.45) is -1.41. The van der Waals surface area contributed by atoms with Crippen LogP contribution in [0.1, 0.15) is 6.92 Å². The summed E-state index contributed by atoms with van der Waals surface area (Å²) in [5.74, 6) is -3.50. The van der Waals surface area contributed by atoms with Crippen LogP contribution in [0, 0.1) is 23.7 Å². The maximum atomic E-state index is 12.8. The molecule has 3 saturated heterocycles. The standard InChI is InChI=1S/C15H11Cl6NO4/c1-2-25-22-11(23)3-4(12(22)24)8-6-5(7(3)26-8)13(18)9(16)10(17)14(6,19)15(13,20)21/h3-8H,2H2,1H3/t3-,4+,5-,6-,7+,8+,13-,14-/m0/s1. The first-order valence-electron chi connectivity index (χ1n) is 8.04. The largest absolute Gasteiger partial charge is 0.373 e. The van der Waals surface area contributed by atoms with Gasteiger partial charge >= 0.3 is 0 Å². The first-order valence-corrected chi connectivity index (χ1v) is 10.3. The zero-order chi connectivity index (χ0) is 19.0. The number of imide groups is 1. The molecule has 4 fully saturated rings. The van der Waals surface area contributed by atoms with E-state index in [-0.39, 0.29) is 16.7 Å². The Labute approximate surface area is 178 Å². The van der Waals surface area contributed by atoms with E-state index in [1.807, 2.05) is 0 Å². The van der Waals surface area contributed by atoms with Crippen LogP contribution >= 0.6 is 69.6 Å². The highest BCUT2D eigenvalue weighted by molar-refractivity contribution is 6.65. The molecule has 5 rings (SSSR count). The van der Waals surface area contributed by atoms with Crippen LogP contribution in [-0.2, 0) is 19.2 Å². The van der Waals surface area contributed by atoms with E-state index in [1.54, 1.807) is 6.92 Å². The molecule has 8 atom stereocenters. The third-order valence-corrected chi connectivity index (χ3v) is 10.7. The van der Waals surface area contributed by atoms with Gasteiger partial charge < -0.3 is 4.74 Å². The van der Waals surface area contributed by atoms with Gasteiger partial charge in [0.1, 0.15) is 9.75 Å². The van der Waals surface area contributed by atoms with Gasteiger partial charge in [0.15, 0.2) is 4.33 Å². The number of carbonyl (C=O) groups is 2. The fraction of sp³-hybridized carbons (Fsp3) is 0.733. The van der Waals surface area contributed by atoms with Crippen molar-refractivity contribution in [2.75, 3.05) is 6.61 Å². The number of hydroxylamine groups is 2. The Hall–Kier alpha value is 0.540. The second-order valence-electron chi connectivity index (χ2n) is 7.18. The van der Waals surface area contributed by atoms with Gasteiger partial charge in [-0.05, 0) is 6.92 Å². The van der Waals surface area contributed by atoms with Gasteiger partial charge in [0.2, 0.25) is 0 Å². The molecule has 11 heteroatoms. The summed E-state index contributed by atoms with van der Waals surface area (Å²) < 4.78 is 4.31. The van der Waals surface area contributed by atoms with Gasteiger partial charge in [-0.1, -0.05) is 46.4 Å². The molecule has 26 heavy (non-hydrogen) atoms. The number of allylic oxidation sites excluding steroid dienone is 2. The minimum Gasteiger partial charge on any atom is -0.373 e. The fourth-order valence-corrected chi connectivity index (χ4v) is 8.59. The molecule has 3 heterocycles. The molecule has 0 spiro atoms. The Morgan fingerprint density at radius 2 is 1.38 bits per heavy atom. The molecule has 0 N–H and O–H groups in total. The quantitative estimate of drug-likeness (QED) is 0.448. The van der Waals surface area contributed by atoms with Crippen LogP contribution < -0.4 is 0 Å². The van der Waals surface area contributed by atoms with Crippen molar-refractivity contribution in [3.8, 4) is 0 Å². The van der Waals surface area contributed by atoms with Crippen molar-refractivity contribution in [1.82, 2.24) is 5.06 Å². The van der Waals surface area contributed by atoms with Gasteiger partial charge in [-0.3, -0.25) is 14.4 Å². The topological polar surface area (TPSA) is 55.8 Å². The fourth-order valence-electron chi connectivity index (χ4n) is 5.53. The molecule has 3 aliphatic heterocycles. The molecule has 4 bridgehead atoms. The van der Waals surface area contributed by atoms with Gasteiger partial charge in [-0.15, -0.1) is 23.2 Å². The van der Waals surface area contributed by atoms with E-state index in [1.165, 1.54) is 0 Å². The van der Waals surface area contributed by atoms with Crippen LogP contribution in [-0.4, -0.2) is 49.8 Å². The van der Waals surface area contributed by atoms with E-state index in [2.05, 4.69) is 0 Å². The highest BCUT2D eigenvalue weighted by atomic mass is 35.5. The lowest BCUT2D eigenvalue weighted by Crippen LogP contribution is -2.50. The molecule has 5 nitrogen and oxygen atoms in total. The third kappa shape index (κ3) is 1.55. The Bertz CT molecular complexity index is 745. The Kier molecular flexibility index (Phi) is 3.69. The second kappa shape index (κ2) is 5.17. The van der Waals surface area contributed by atoms with Crippen molar-refractivity contribution >= 4 is 81.4 Å². The molecule has 5 aliphatic rings. The third-order valence-electron chi connectivity index (χ3n) is 6.40. The zero-order valence-electron chi connectivity index (χ0n) is 13.0. The molecule has 2 aliphatic carbocycles. The van der Waals surface area contributed by atoms with Crippen molar-refractivity contribution in [2.24, 2.45) is 23.7 Å². The van der Waals surface area contributed by atoms with Gasteiger partial charge in [0.05, 0.1) is 40.7 Å². The second-order valence-corrected chi connectivity index (χ2v) is 10.5. The molecule has 0 aromatic rings. The van der Waals surface area contributed by atoms with Crippen molar-refractivity contribution in [3.63, 3.8) is 0 Å². The first-order chi connectivity index (χ1) is 12.1. The molecule has 142 valence electrons. The van der Waals surface area contributed by atoms with E-state index in [9.17, 15) is 9.59 Å². The number of ether oxygens (including phenoxy) is 1. The van der Waals surface area contributed by atoms with Crippen LogP contribution in [0.25, 0.3) is 0 Å². The van der Waals surface area contributed by atoms with E-state index in [4.69, 9.17) is 79.2 Å². The maximum Gasteiger partial charge on any atom is 0.260 e. The van der Waals surface area contributed by atoms with E-state index >= 15 is 0 Å². The zero-order valence-corrected chi connectivity index (χ0v) is 17.6. The van der Waals surface area contributed by atoms with Crippen LogP contribution in [0.3, 0.4) is 0 Å². The minimum atomic E-state index is -1.71. The maximum absolute atomic E-state index is 12.8. The molecule has 0 aromatic heterocycles. The van der Waals surface area contributed by atoms with Crippen molar-refractivity contribution in [3.05, 3.63) is 10.1 Å². The number of carbonyl (C=O) groups excluding carboxylic acids is 2. The number of nitrogens with zero attached hydrogens (tertiary/aromatic N) is 1. The van der Waals surface area contributed by atoms with Crippen LogP contribution in [0.4, 0.5) is 0 Å². The summed E-state index contributed by atoms with van der Waals surface area (Å²) in [6.45, 7) is 1.87. The molecule has 2 amide bonds. The number of alkyl halides is 4. The Morgan fingerprint density at radius 3 is 1.77 bits per heavy atom. The Balaban J connectivity index is 1.66. The number of rotatable bonds is 2. The molecule has 0 unspecified atom stereocenters. The normalized spacial score (nSPS) is 53.1. The van der Waals surface area contributed by atoms with E-state index in [0.717, 1.165) is 5.06 Å². The summed E-state index contributed by atoms with van der Waals surface area (Å²) in [4.78, 5) is 27.7. The molecule has 0 radical (unpaired) electrons. The molecule has 1 saturated carbocycles. The smallest absolute Gasteiger partial charge is 0.260 e. The lowest BCUT2D eigenvalue weighted by molar-refractivity contribution is -0.191. The predicted molar refractivity (Wildman–Crippen MR) is 96.4 cm³/mol. The predicted octanol–water partition coefficient (Wildman–Crippen LogP) is 3.40. The average molecular weight is 482 g/mol. The van der Waals surface area contributed by atoms with Gasteiger partial charge in [0.25, 0.3) is 11.8 Å². The number of hydrogen-bond acceptors (Lipinski definition) is 4. The lowest BCUT2D eigenvalue weighted by Gasteiger charge is -2.39. The lowest BCUT2D eigenvalue weighted by atomic mass is 9.65. The van der Waals surface area contributed by atoms with Crippen LogP contribution in [0.5, 0.6) is 0 Å². The summed E-state index contributed by atoms with van der Waals surface area (Å²) in [7, 11) is 0. The summed E-state index contributed by atoms with van der Waals surface area (Å²) >= 11 is 39.7. The highest BCUT2D eigenvalue weighted by Gasteiger charge is 2.90. The van der Waals surface area contributed by atoms with Gasteiger partial charge in [-0.2, -0.15) is 5.06 Å². The van der Waals surface area contributed by atoms with Crippen molar-refractivity contribution in [1.29, 1.82) is 0 Å². The summed E-state index contributed by atoms with van der Waals surface area (Å²) in [6, 6.07) is 0. The average Bonchev–Trinajstić information content (AvgIpc) is 3.28. The molecule has 0 aromatic carbocycles. The minimum absolute atomic E-state index is 0.0632. The van der Waals surface area contributed by atoms with Crippen LogP contribution in [0.2, 0.25) is 0 Å². The van der Waals surface area contributed by atoms with Crippen LogP contribution in [0.15, 0.2) is 10.1 Å². The monoisotopic (exact) mass is 479 g/mol. The number of halogens is 6.